The molecule has 6 heteroatoms. The molecule has 0 bridgehead atoms. The van der Waals surface area contributed by atoms with Gasteiger partial charge in [0.1, 0.15) is 23.2 Å². The molecule has 118 valence electrons. The van der Waals surface area contributed by atoms with Crippen LogP contribution in [0, 0.1) is 0 Å². The molecule has 0 amide bonds. The number of rotatable bonds is 2. The molecule has 3 heterocycles. The minimum atomic E-state index is 0.454. The first kappa shape index (κ1) is 14.5. The van der Waals surface area contributed by atoms with Crippen molar-refractivity contribution in [3.05, 3.63) is 35.6 Å². The molecular weight excluding hydrogens is 312 g/mol. The van der Waals surface area contributed by atoms with Crippen LogP contribution in [0.4, 0.5) is 5.82 Å². The molecular formula is C17H17ClN4O. The second-order valence-corrected chi connectivity index (χ2v) is 6.39. The van der Waals surface area contributed by atoms with Crippen molar-refractivity contribution < 1.29 is 4.52 Å². The van der Waals surface area contributed by atoms with E-state index in [1.165, 1.54) is 19.3 Å². The largest absolute Gasteiger partial charge is 0.353 e. The van der Waals surface area contributed by atoms with Gasteiger partial charge in [0.15, 0.2) is 0 Å². The summed E-state index contributed by atoms with van der Waals surface area (Å²) in [6, 6.07) is 8.04. The number of benzene rings is 1. The van der Waals surface area contributed by atoms with Gasteiger partial charge in [-0.3, -0.25) is 0 Å². The zero-order valence-electron chi connectivity index (χ0n) is 12.9. The Kier molecular flexibility index (Phi) is 3.65. The predicted molar refractivity (Wildman–Crippen MR) is 90.7 cm³/mol. The van der Waals surface area contributed by atoms with E-state index in [9.17, 15) is 0 Å². The van der Waals surface area contributed by atoms with E-state index >= 15 is 0 Å². The van der Waals surface area contributed by atoms with Gasteiger partial charge in [0.05, 0.1) is 0 Å². The van der Waals surface area contributed by atoms with E-state index < -0.39 is 0 Å². The van der Waals surface area contributed by atoms with Crippen LogP contribution in [-0.4, -0.2) is 27.7 Å². The molecule has 0 N–H and O–H groups in total. The maximum absolute atomic E-state index is 5.99. The third kappa shape index (κ3) is 2.55. The number of fused-ring (bicyclic) bond motifs is 1. The van der Waals surface area contributed by atoms with Gasteiger partial charge in [-0.2, -0.15) is 4.98 Å². The highest BCUT2D eigenvalue weighted by Gasteiger charge is 2.25. The Balaban J connectivity index is 1.88. The lowest BCUT2D eigenvalue weighted by Crippen LogP contribution is -2.38. The second kappa shape index (κ2) is 5.81. The Bertz CT molecular complexity index is 830. The Morgan fingerprint density at radius 3 is 2.78 bits per heavy atom. The Labute approximate surface area is 139 Å². The molecule has 0 unspecified atom stereocenters. The van der Waals surface area contributed by atoms with Gasteiger partial charge in [-0.1, -0.05) is 28.9 Å². The number of hydrogen-bond donors (Lipinski definition) is 0. The molecule has 1 aliphatic heterocycles. The van der Waals surface area contributed by atoms with E-state index in [1.54, 1.807) is 6.33 Å². The monoisotopic (exact) mass is 328 g/mol. The Morgan fingerprint density at radius 2 is 2.00 bits per heavy atom. The van der Waals surface area contributed by atoms with Crippen LogP contribution in [0.1, 0.15) is 26.2 Å². The van der Waals surface area contributed by atoms with Crippen LogP contribution < -0.4 is 4.90 Å². The van der Waals surface area contributed by atoms with Gasteiger partial charge in [-0.15, -0.1) is 0 Å². The standard InChI is InChI=1S/C17H17ClN4O/c1-11-4-2-3-9-22(11)16-14-15(12-5-7-13(18)8-6-12)21-23-17(14)20-10-19-16/h5-8,10-11H,2-4,9H2,1H3/t11-/m1/s1. The average Bonchev–Trinajstić information content (AvgIpc) is 3.00. The van der Waals surface area contributed by atoms with E-state index in [-0.39, 0.29) is 0 Å². The number of hydrogen-bond acceptors (Lipinski definition) is 5. The highest BCUT2D eigenvalue weighted by molar-refractivity contribution is 6.30. The molecule has 0 spiro atoms. The summed E-state index contributed by atoms with van der Waals surface area (Å²) < 4.78 is 5.44. The van der Waals surface area contributed by atoms with Crippen molar-refractivity contribution in [2.75, 3.05) is 11.4 Å². The van der Waals surface area contributed by atoms with Crippen LogP contribution in [0.25, 0.3) is 22.4 Å². The van der Waals surface area contributed by atoms with Crippen molar-refractivity contribution in [1.82, 2.24) is 15.1 Å². The second-order valence-electron chi connectivity index (χ2n) is 5.95. The summed E-state index contributed by atoms with van der Waals surface area (Å²) in [7, 11) is 0. The van der Waals surface area contributed by atoms with Crippen LogP contribution >= 0.6 is 11.6 Å². The van der Waals surface area contributed by atoms with Gasteiger partial charge in [-0.25, -0.2) is 4.98 Å². The maximum atomic E-state index is 5.99. The summed E-state index contributed by atoms with van der Waals surface area (Å²) in [6.07, 6.45) is 5.17. The first-order valence-corrected chi connectivity index (χ1v) is 8.25. The molecule has 1 saturated heterocycles. The minimum absolute atomic E-state index is 0.454. The zero-order valence-corrected chi connectivity index (χ0v) is 13.6. The van der Waals surface area contributed by atoms with Crippen LogP contribution in [-0.2, 0) is 0 Å². The fraction of sp³-hybridized carbons (Fsp3) is 0.353. The summed E-state index contributed by atoms with van der Waals surface area (Å²) in [4.78, 5) is 11.1. The van der Waals surface area contributed by atoms with Crippen molar-refractivity contribution in [1.29, 1.82) is 0 Å². The van der Waals surface area contributed by atoms with E-state index in [1.807, 2.05) is 24.3 Å². The van der Waals surface area contributed by atoms with Crippen LogP contribution in [0.3, 0.4) is 0 Å². The molecule has 2 aromatic heterocycles. The normalized spacial score (nSPS) is 18.5. The molecule has 1 aliphatic rings. The molecule has 23 heavy (non-hydrogen) atoms. The summed E-state index contributed by atoms with van der Waals surface area (Å²) >= 11 is 5.99. The lowest BCUT2D eigenvalue weighted by atomic mass is 10.0. The van der Waals surface area contributed by atoms with Crippen molar-refractivity contribution in [3.63, 3.8) is 0 Å². The fourth-order valence-corrected chi connectivity index (χ4v) is 3.33. The molecule has 1 atom stereocenters. The number of aromatic nitrogens is 3. The highest BCUT2D eigenvalue weighted by atomic mass is 35.5. The molecule has 0 saturated carbocycles. The Hall–Kier alpha value is -2.14. The first-order chi connectivity index (χ1) is 11.2. The van der Waals surface area contributed by atoms with Gasteiger partial charge in [0, 0.05) is 23.2 Å². The molecule has 3 aromatic rings. The van der Waals surface area contributed by atoms with Crippen LogP contribution in [0.15, 0.2) is 35.1 Å². The van der Waals surface area contributed by atoms with Crippen molar-refractivity contribution in [3.8, 4) is 11.3 Å². The van der Waals surface area contributed by atoms with Crippen LogP contribution in [0.5, 0.6) is 0 Å². The third-order valence-corrected chi connectivity index (χ3v) is 4.70. The lowest BCUT2D eigenvalue weighted by molar-refractivity contribution is 0.451. The van der Waals surface area contributed by atoms with Crippen LogP contribution in [0.2, 0.25) is 5.02 Å². The topological polar surface area (TPSA) is 55.1 Å². The summed E-state index contributed by atoms with van der Waals surface area (Å²) in [5.74, 6) is 0.911. The molecule has 0 radical (unpaired) electrons. The molecule has 1 aromatic carbocycles. The van der Waals surface area contributed by atoms with E-state index in [4.69, 9.17) is 16.1 Å². The fourth-order valence-electron chi connectivity index (χ4n) is 3.21. The molecule has 1 fully saturated rings. The van der Waals surface area contributed by atoms with Crippen molar-refractivity contribution in [2.45, 2.75) is 32.2 Å². The highest BCUT2D eigenvalue weighted by Crippen LogP contribution is 2.35. The molecule has 4 rings (SSSR count). The summed E-state index contributed by atoms with van der Waals surface area (Å²) in [5, 5.41) is 5.80. The van der Waals surface area contributed by atoms with E-state index in [0.29, 0.717) is 16.8 Å². The number of nitrogens with zero attached hydrogens (tertiary/aromatic N) is 4. The number of anilines is 1. The number of halogens is 1. The predicted octanol–water partition coefficient (Wildman–Crippen LogP) is 4.32. The van der Waals surface area contributed by atoms with E-state index in [2.05, 4.69) is 26.9 Å². The number of piperidine rings is 1. The van der Waals surface area contributed by atoms with Crippen molar-refractivity contribution in [2.24, 2.45) is 0 Å². The third-order valence-electron chi connectivity index (χ3n) is 4.45. The Morgan fingerprint density at radius 1 is 1.17 bits per heavy atom. The van der Waals surface area contributed by atoms with Gasteiger partial charge in [0.2, 0.25) is 0 Å². The minimum Gasteiger partial charge on any atom is -0.353 e. The summed E-state index contributed by atoms with van der Waals surface area (Å²) in [6.45, 7) is 3.24. The zero-order chi connectivity index (χ0) is 15.8. The molecule has 5 nitrogen and oxygen atoms in total. The van der Waals surface area contributed by atoms with E-state index in [0.717, 1.165) is 29.0 Å². The molecule has 0 aliphatic carbocycles. The van der Waals surface area contributed by atoms with Crippen molar-refractivity contribution >= 4 is 28.5 Å². The maximum Gasteiger partial charge on any atom is 0.263 e. The van der Waals surface area contributed by atoms with Gasteiger partial charge >= 0.3 is 0 Å². The van der Waals surface area contributed by atoms with Gasteiger partial charge in [0.25, 0.3) is 5.71 Å². The quantitative estimate of drug-likeness (QED) is 0.701. The SMILES string of the molecule is C[C@@H]1CCCCN1c1ncnc2onc(-c3ccc(Cl)cc3)c12. The van der Waals surface area contributed by atoms with Gasteiger partial charge < -0.3 is 9.42 Å². The average molecular weight is 329 g/mol. The summed E-state index contributed by atoms with van der Waals surface area (Å²) in [5.41, 5.74) is 2.25. The lowest BCUT2D eigenvalue weighted by Gasteiger charge is -2.34. The van der Waals surface area contributed by atoms with Gasteiger partial charge in [-0.05, 0) is 38.3 Å². The first-order valence-electron chi connectivity index (χ1n) is 7.87. The smallest absolute Gasteiger partial charge is 0.263 e.